The molecule has 0 radical (unpaired) electrons. The Kier molecular flexibility index (Phi) is 4.14. The van der Waals surface area contributed by atoms with Crippen LogP contribution < -0.4 is 5.32 Å². The van der Waals surface area contributed by atoms with Gasteiger partial charge in [-0.25, -0.2) is 0 Å². The molecule has 0 saturated heterocycles. The Hall–Kier alpha value is -1.64. The standard InChI is InChI=1S/C18H21NO/c1-14(19-12-15-5-4-10-20-13-15)17-9-8-16-6-2-3-7-18(16)11-17/h2-3,5-9,11,14,19H,4,10,12-13H2,1H3/t14-/m1/s1. The monoisotopic (exact) mass is 267 g/mol. The number of hydrogen-bond donors (Lipinski definition) is 1. The first-order chi connectivity index (χ1) is 9.83. The van der Waals surface area contributed by atoms with Gasteiger partial charge in [0.1, 0.15) is 0 Å². The van der Waals surface area contributed by atoms with Crippen LogP contribution >= 0.6 is 0 Å². The Morgan fingerprint density at radius 2 is 2.00 bits per heavy atom. The van der Waals surface area contributed by atoms with E-state index in [0.717, 1.165) is 26.2 Å². The molecule has 1 aliphatic heterocycles. The number of benzene rings is 2. The largest absolute Gasteiger partial charge is 0.377 e. The molecule has 0 saturated carbocycles. The topological polar surface area (TPSA) is 21.3 Å². The molecule has 2 nitrogen and oxygen atoms in total. The van der Waals surface area contributed by atoms with E-state index in [-0.39, 0.29) is 0 Å². The smallest absolute Gasteiger partial charge is 0.0689 e. The van der Waals surface area contributed by atoms with Crippen LogP contribution in [0.15, 0.2) is 54.1 Å². The molecule has 0 bridgehead atoms. The van der Waals surface area contributed by atoms with Crippen LogP contribution in [-0.4, -0.2) is 19.8 Å². The van der Waals surface area contributed by atoms with Gasteiger partial charge in [-0.05, 0) is 41.3 Å². The Morgan fingerprint density at radius 3 is 2.80 bits per heavy atom. The highest BCUT2D eigenvalue weighted by molar-refractivity contribution is 5.83. The van der Waals surface area contributed by atoms with Crippen LogP contribution in [-0.2, 0) is 4.74 Å². The van der Waals surface area contributed by atoms with Crippen molar-refractivity contribution in [2.24, 2.45) is 0 Å². The molecule has 1 N–H and O–H groups in total. The lowest BCUT2D eigenvalue weighted by atomic mass is 10.0. The van der Waals surface area contributed by atoms with Gasteiger partial charge in [0.2, 0.25) is 0 Å². The first kappa shape index (κ1) is 13.3. The zero-order valence-electron chi connectivity index (χ0n) is 11.9. The average Bonchev–Trinajstić information content (AvgIpc) is 2.53. The van der Waals surface area contributed by atoms with Crippen LogP contribution in [0.2, 0.25) is 0 Å². The minimum absolute atomic E-state index is 0.349. The number of nitrogens with one attached hydrogen (secondary N) is 1. The lowest BCUT2D eigenvalue weighted by Gasteiger charge is -2.18. The fourth-order valence-electron chi connectivity index (χ4n) is 2.61. The van der Waals surface area contributed by atoms with Crippen molar-refractivity contribution < 1.29 is 4.74 Å². The molecule has 1 atom stereocenters. The van der Waals surface area contributed by atoms with Crippen molar-refractivity contribution in [3.63, 3.8) is 0 Å². The molecule has 0 aromatic heterocycles. The molecule has 3 rings (SSSR count). The van der Waals surface area contributed by atoms with E-state index in [0.29, 0.717) is 6.04 Å². The van der Waals surface area contributed by atoms with Crippen molar-refractivity contribution in [1.29, 1.82) is 0 Å². The first-order valence-electron chi connectivity index (χ1n) is 7.31. The summed E-state index contributed by atoms with van der Waals surface area (Å²) in [6, 6.07) is 15.5. The maximum Gasteiger partial charge on any atom is 0.0689 e. The fraction of sp³-hybridized carbons (Fsp3) is 0.333. The summed E-state index contributed by atoms with van der Waals surface area (Å²) < 4.78 is 5.47. The molecule has 0 amide bonds. The van der Waals surface area contributed by atoms with Crippen LogP contribution in [0.1, 0.15) is 24.9 Å². The Bertz CT molecular complexity index is 618. The van der Waals surface area contributed by atoms with E-state index in [1.165, 1.54) is 21.9 Å². The molecule has 0 spiro atoms. The van der Waals surface area contributed by atoms with E-state index >= 15 is 0 Å². The zero-order valence-corrected chi connectivity index (χ0v) is 11.9. The van der Waals surface area contributed by atoms with Crippen LogP contribution in [0.3, 0.4) is 0 Å². The minimum atomic E-state index is 0.349. The van der Waals surface area contributed by atoms with Gasteiger partial charge in [-0.2, -0.15) is 0 Å². The first-order valence-corrected chi connectivity index (χ1v) is 7.31. The van der Waals surface area contributed by atoms with Crippen LogP contribution in [0.25, 0.3) is 10.8 Å². The van der Waals surface area contributed by atoms with E-state index in [1.807, 2.05) is 0 Å². The van der Waals surface area contributed by atoms with E-state index in [9.17, 15) is 0 Å². The quantitative estimate of drug-likeness (QED) is 0.850. The van der Waals surface area contributed by atoms with Gasteiger partial charge in [0.15, 0.2) is 0 Å². The summed E-state index contributed by atoms with van der Waals surface area (Å²) in [6.07, 6.45) is 3.34. The van der Waals surface area contributed by atoms with Gasteiger partial charge >= 0.3 is 0 Å². The lowest BCUT2D eigenvalue weighted by Crippen LogP contribution is -2.24. The van der Waals surface area contributed by atoms with Gasteiger partial charge in [0.25, 0.3) is 0 Å². The van der Waals surface area contributed by atoms with E-state index in [1.54, 1.807) is 0 Å². The highest BCUT2D eigenvalue weighted by Crippen LogP contribution is 2.20. The molecule has 2 heteroatoms. The molecule has 2 aromatic rings. The SMILES string of the molecule is C[C@@H](NCC1=CCCOC1)c1ccc2ccccc2c1. The minimum Gasteiger partial charge on any atom is -0.377 e. The molecule has 104 valence electrons. The lowest BCUT2D eigenvalue weighted by molar-refractivity contribution is 0.148. The second-order valence-electron chi connectivity index (χ2n) is 5.41. The Morgan fingerprint density at radius 1 is 1.15 bits per heavy atom. The molecule has 0 aliphatic carbocycles. The van der Waals surface area contributed by atoms with E-state index in [2.05, 4.69) is 60.8 Å². The normalized spacial score (nSPS) is 16.9. The van der Waals surface area contributed by atoms with Crippen molar-refractivity contribution in [2.75, 3.05) is 19.8 Å². The Labute approximate surface area is 120 Å². The summed E-state index contributed by atoms with van der Waals surface area (Å²) in [5.41, 5.74) is 2.70. The van der Waals surface area contributed by atoms with E-state index < -0.39 is 0 Å². The molecule has 0 unspecified atom stereocenters. The van der Waals surface area contributed by atoms with Gasteiger partial charge in [-0.15, -0.1) is 0 Å². The predicted octanol–water partition coefficient (Wildman–Crippen LogP) is 3.84. The molecule has 1 aliphatic rings. The molecule has 1 heterocycles. The number of fused-ring (bicyclic) bond motifs is 1. The highest BCUT2D eigenvalue weighted by Gasteiger charge is 2.08. The van der Waals surface area contributed by atoms with Crippen LogP contribution in [0.4, 0.5) is 0 Å². The molecule has 0 fully saturated rings. The summed E-state index contributed by atoms with van der Waals surface area (Å²) in [5.74, 6) is 0. The molecular weight excluding hydrogens is 246 g/mol. The predicted molar refractivity (Wildman–Crippen MR) is 83.9 cm³/mol. The van der Waals surface area contributed by atoms with Crippen molar-refractivity contribution in [3.8, 4) is 0 Å². The van der Waals surface area contributed by atoms with Crippen molar-refractivity contribution >= 4 is 10.8 Å². The van der Waals surface area contributed by atoms with Crippen molar-refractivity contribution in [1.82, 2.24) is 5.32 Å². The van der Waals surface area contributed by atoms with Gasteiger partial charge in [0, 0.05) is 12.6 Å². The Balaban J connectivity index is 1.68. The summed E-state index contributed by atoms with van der Waals surface area (Å²) in [6.45, 7) is 4.77. The molecule has 20 heavy (non-hydrogen) atoms. The summed E-state index contributed by atoms with van der Waals surface area (Å²) >= 11 is 0. The number of rotatable bonds is 4. The van der Waals surface area contributed by atoms with Gasteiger partial charge in [0.05, 0.1) is 13.2 Å². The third kappa shape index (κ3) is 3.09. The summed E-state index contributed by atoms with van der Waals surface area (Å²) in [7, 11) is 0. The maximum atomic E-state index is 5.47. The third-order valence-electron chi connectivity index (χ3n) is 3.89. The molecule has 2 aromatic carbocycles. The summed E-state index contributed by atoms with van der Waals surface area (Å²) in [4.78, 5) is 0. The zero-order chi connectivity index (χ0) is 13.8. The second kappa shape index (κ2) is 6.21. The van der Waals surface area contributed by atoms with Gasteiger partial charge < -0.3 is 10.1 Å². The molecular formula is C18H21NO. The highest BCUT2D eigenvalue weighted by atomic mass is 16.5. The number of hydrogen-bond acceptors (Lipinski definition) is 2. The summed E-state index contributed by atoms with van der Waals surface area (Å²) in [5, 5.41) is 6.19. The van der Waals surface area contributed by atoms with E-state index in [4.69, 9.17) is 4.74 Å². The fourth-order valence-corrected chi connectivity index (χ4v) is 2.61. The van der Waals surface area contributed by atoms with Gasteiger partial charge in [-0.1, -0.05) is 42.5 Å². The maximum absolute atomic E-state index is 5.47. The van der Waals surface area contributed by atoms with Crippen molar-refractivity contribution in [3.05, 3.63) is 59.7 Å². The van der Waals surface area contributed by atoms with Gasteiger partial charge in [-0.3, -0.25) is 0 Å². The second-order valence-corrected chi connectivity index (χ2v) is 5.41. The van der Waals surface area contributed by atoms with Crippen LogP contribution in [0, 0.1) is 0 Å². The van der Waals surface area contributed by atoms with Crippen LogP contribution in [0.5, 0.6) is 0 Å². The van der Waals surface area contributed by atoms with Crippen molar-refractivity contribution in [2.45, 2.75) is 19.4 Å². The average molecular weight is 267 g/mol. The number of ether oxygens (including phenoxy) is 1. The third-order valence-corrected chi connectivity index (χ3v) is 3.89.